The molecular weight excluding hydrogens is 392 g/mol. The largest absolute Gasteiger partial charge is 0.493 e. The van der Waals surface area contributed by atoms with E-state index < -0.39 is 6.10 Å². The molecule has 0 aliphatic carbocycles. The van der Waals surface area contributed by atoms with E-state index in [1.54, 1.807) is 0 Å². The van der Waals surface area contributed by atoms with Crippen LogP contribution in [0.2, 0.25) is 5.02 Å². The number of rotatable bonds is 7. The van der Waals surface area contributed by atoms with E-state index in [-0.39, 0.29) is 18.8 Å². The van der Waals surface area contributed by atoms with Gasteiger partial charge in [0, 0.05) is 23.8 Å². The first-order valence-electron chi connectivity index (χ1n) is 10.1. The van der Waals surface area contributed by atoms with Gasteiger partial charge in [-0.25, -0.2) is 0 Å². The molecule has 6 heteroatoms. The van der Waals surface area contributed by atoms with Gasteiger partial charge in [-0.2, -0.15) is 0 Å². The highest BCUT2D eigenvalue weighted by atomic mass is 35.5. The molecule has 29 heavy (non-hydrogen) atoms. The van der Waals surface area contributed by atoms with Gasteiger partial charge >= 0.3 is 0 Å². The first kappa shape index (κ1) is 20.6. The number of halogens is 1. The quantitative estimate of drug-likeness (QED) is 0.720. The third-order valence-electron chi connectivity index (χ3n) is 5.53. The molecule has 0 amide bonds. The molecule has 2 aromatic rings. The van der Waals surface area contributed by atoms with Gasteiger partial charge in [-0.05, 0) is 41.3 Å². The summed E-state index contributed by atoms with van der Waals surface area (Å²) < 4.78 is 16.9. The highest BCUT2D eigenvalue weighted by Crippen LogP contribution is 2.33. The Morgan fingerprint density at radius 2 is 1.86 bits per heavy atom. The van der Waals surface area contributed by atoms with E-state index in [1.807, 2.05) is 30.3 Å². The highest BCUT2D eigenvalue weighted by Gasteiger charge is 2.29. The normalized spacial score (nSPS) is 24.9. The smallest absolute Gasteiger partial charge is 0.119 e. The van der Waals surface area contributed by atoms with E-state index in [0.717, 1.165) is 35.7 Å². The predicted molar refractivity (Wildman–Crippen MR) is 110 cm³/mol. The van der Waals surface area contributed by atoms with Gasteiger partial charge < -0.3 is 24.4 Å². The lowest BCUT2D eigenvalue weighted by Crippen LogP contribution is -2.33. The average molecular weight is 419 g/mol. The summed E-state index contributed by atoms with van der Waals surface area (Å²) in [5.74, 6) is 1.36. The van der Waals surface area contributed by atoms with E-state index in [2.05, 4.69) is 12.1 Å². The van der Waals surface area contributed by atoms with Gasteiger partial charge in [0.15, 0.2) is 0 Å². The SMILES string of the molecule is OCC1CC(O)CC(c2ccc(Cl)c(Cc3ccc(OCC4COC4)cc3)c2)O1. The Morgan fingerprint density at radius 1 is 1.07 bits per heavy atom. The van der Waals surface area contributed by atoms with Crippen LogP contribution < -0.4 is 4.74 Å². The van der Waals surface area contributed by atoms with Crippen LogP contribution in [-0.4, -0.2) is 48.8 Å². The van der Waals surface area contributed by atoms with Gasteiger partial charge in [0.2, 0.25) is 0 Å². The lowest BCUT2D eigenvalue weighted by Gasteiger charge is -2.32. The minimum absolute atomic E-state index is 0.0871. The van der Waals surface area contributed by atoms with Crippen LogP contribution in [0, 0.1) is 5.92 Å². The molecule has 2 fully saturated rings. The van der Waals surface area contributed by atoms with Crippen molar-refractivity contribution in [3.63, 3.8) is 0 Å². The van der Waals surface area contributed by atoms with Crippen molar-refractivity contribution in [2.75, 3.05) is 26.4 Å². The molecule has 2 aliphatic rings. The van der Waals surface area contributed by atoms with Gasteiger partial charge in [0.05, 0.1) is 44.7 Å². The minimum Gasteiger partial charge on any atom is -0.493 e. The van der Waals surface area contributed by atoms with Crippen LogP contribution in [0.3, 0.4) is 0 Å². The molecule has 3 unspecified atom stereocenters. The van der Waals surface area contributed by atoms with Gasteiger partial charge in [-0.3, -0.25) is 0 Å². The molecule has 2 heterocycles. The second kappa shape index (κ2) is 9.45. The van der Waals surface area contributed by atoms with Gasteiger partial charge in [-0.1, -0.05) is 35.9 Å². The van der Waals surface area contributed by atoms with Crippen molar-refractivity contribution >= 4 is 11.6 Å². The van der Waals surface area contributed by atoms with Crippen LogP contribution in [0.25, 0.3) is 0 Å². The van der Waals surface area contributed by atoms with Gasteiger partial charge in [0.25, 0.3) is 0 Å². The molecular formula is C23H27ClO5. The summed E-state index contributed by atoms with van der Waals surface area (Å²) in [6, 6.07) is 13.9. The number of hydrogen-bond donors (Lipinski definition) is 2. The van der Waals surface area contributed by atoms with Crippen LogP contribution in [0.5, 0.6) is 5.75 Å². The van der Waals surface area contributed by atoms with E-state index in [4.69, 9.17) is 25.8 Å². The first-order valence-corrected chi connectivity index (χ1v) is 10.5. The van der Waals surface area contributed by atoms with E-state index >= 15 is 0 Å². The lowest BCUT2D eigenvalue weighted by atomic mass is 9.94. The zero-order chi connectivity index (χ0) is 20.2. The zero-order valence-corrected chi connectivity index (χ0v) is 17.1. The standard InChI is InChI=1S/C23H27ClO5/c24-22-6-3-17(23-10-19(26)9-21(11-25)29-23)8-18(22)7-15-1-4-20(5-2-15)28-14-16-12-27-13-16/h1-6,8,16,19,21,23,25-26H,7,9-14H2. The van der Waals surface area contributed by atoms with Crippen LogP contribution in [0.15, 0.2) is 42.5 Å². The van der Waals surface area contributed by atoms with Crippen molar-refractivity contribution in [2.45, 2.75) is 37.6 Å². The molecule has 0 spiro atoms. The van der Waals surface area contributed by atoms with Crippen LogP contribution in [0.4, 0.5) is 0 Å². The molecule has 3 atom stereocenters. The summed E-state index contributed by atoms with van der Waals surface area (Å²) in [6.45, 7) is 2.17. The number of aliphatic hydroxyl groups is 2. The third kappa shape index (κ3) is 5.30. The Bertz CT molecular complexity index is 805. The van der Waals surface area contributed by atoms with Crippen molar-refractivity contribution in [1.29, 1.82) is 0 Å². The number of benzene rings is 2. The fraction of sp³-hybridized carbons (Fsp3) is 0.478. The van der Waals surface area contributed by atoms with Gasteiger partial charge in [-0.15, -0.1) is 0 Å². The molecule has 0 radical (unpaired) electrons. The summed E-state index contributed by atoms with van der Waals surface area (Å²) in [5.41, 5.74) is 3.12. The number of aliphatic hydroxyl groups excluding tert-OH is 2. The topological polar surface area (TPSA) is 68.2 Å². The number of hydrogen-bond acceptors (Lipinski definition) is 5. The third-order valence-corrected chi connectivity index (χ3v) is 5.90. The fourth-order valence-corrected chi connectivity index (χ4v) is 3.96. The van der Waals surface area contributed by atoms with E-state index in [1.165, 1.54) is 0 Å². The Kier molecular flexibility index (Phi) is 6.73. The molecule has 0 aromatic heterocycles. The monoisotopic (exact) mass is 418 g/mol. The van der Waals surface area contributed by atoms with Crippen molar-refractivity contribution in [2.24, 2.45) is 5.92 Å². The van der Waals surface area contributed by atoms with Crippen LogP contribution >= 0.6 is 11.6 Å². The fourth-order valence-electron chi connectivity index (χ4n) is 3.77. The molecule has 2 N–H and O–H groups in total. The number of ether oxygens (including phenoxy) is 3. The minimum atomic E-state index is -0.468. The predicted octanol–water partition coefficient (Wildman–Crippen LogP) is 3.53. The highest BCUT2D eigenvalue weighted by molar-refractivity contribution is 6.31. The summed E-state index contributed by atoms with van der Waals surface area (Å²) in [4.78, 5) is 0. The van der Waals surface area contributed by atoms with Crippen molar-refractivity contribution in [3.05, 3.63) is 64.2 Å². The van der Waals surface area contributed by atoms with E-state index in [9.17, 15) is 10.2 Å². The summed E-state index contributed by atoms with van der Waals surface area (Å²) in [6.07, 6.45) is 0.650. The van der Waals surface area contributed by atoms with Gasteiger partial charge in [0.1, 0.15) is 5.75 Å². The lowest BCUT2D eigenvalue weighted by molar-refractivity contribution is -0.113. The molecule has 2 saturated heterocycles. The Hall–Kier alpha value is -1.63. The maximum absolute atomic E-state index is 10.1. The average Bonchev–Trinajstić information content (AvgIpc) is 2.69. The Morgan fingerprint density at radius 3 is 2.55 bits per heavy atom. The molecule has 4 rings (SSSR count). The first-order chi connectivity index (χ1) is 14.1. The Balaban J connectivity index is 1.42. The summed E-state index contributed by atoms with van der Waals surface area (Å²) in [7, 11) is 0. The van der Waals surface area contributed by atoms with Crippen molar-refractivity contribution in [1.82, 2.24) is 0 Å². The summed E-state index contributed by atoms with van der Waals surface area (Å²) >= 11 is 6.44. The molecule has 0 bridgehead atoms. The molecule has 2 aliphatic heterocycles. The van der Waals surface area contributed by atoms with Crippen molar-refractivity contribution in [3.8, 4) is 5.75 Å². The Labute approximate surface area is 176 Å². The maximum atomic E-state index is 10.1. The van der Waals surface area contributed by atoms with E-state index in [0.29, 0.717) is 36.8 Å². The second-order valence-corrected chi connectivity index (χ2v) is 8.35. The molecule has 0 saturated carbocycles. The van der Waals surface area contributed by atoms with Crippen LogP contribution in [-0.2, 0) is 15.9 Å². The summed E-state index contributed by atoms with van der Waals surface area (Å²) in [5, 5.41) is 20.2. The molecule has 156 valence electrons. The molecule has 5 nitrogen and oxygen atoms in total. The molecule has 2 aromatic carbocycles. The second-order valence-electron chi connectivity index (χ2n) is 7.94. The van der Waals surface area contributed by atoms with Crippen molar-refractivity contribution < 1.29 is 24.4 Å². The van der Waals surface area contributed by atoms with Crippen LogP contribution in [0.1, 0.15) is 35.6 Å². The maximum Gasteiger partial charge on any atom is 0.119 e. The zero-order valence-electron chi connectivity index (χ0n) is 16.3.